The number of aryl methyl sites for hydroxylation is 1. The molecule has 0 unspecified atom stereocenters. The number of hydrogen-bond donors (Lipinski definition) is 5. The van der Waals surface area contributed by atoms with Gasteiger partial charge in [0.1, 0.15) is 24.7 Å². The van der Waals surface area contributed by atoms with Crippen molar-refractivity contribution in [2.45, 2.75) is 122 Å². The van der Waals surface area contributed by atoms with Crippen LogP contribution in [0.5, 0.6) is 0 Å². The minimum absolute atomic E-state index is 0.0234. The highest BCUT2D eigenvalue weighted by molar-refractivity contribution is 5.96. The molecule has 5 heterocycles. The Bertz CT molecular complexity index is 2510. The Morgan fingerprint density at radius 1 is 0.958 bits per heavy atom. The average Bonchev–Trinajstić information content (AvgIpc) is 4.00. The molecule has 1 aromatic carbocycles. The fraction of sp³-hybridized carbons (Fsp3) is 0.580. The summed E-state index contributed by atoms with van der Waals surface area (Å²) in [6, 6.07) is 5.39. The van der Waals surface area contributed by atoms with Gasteiger partial charge in [0.25, 0.3) is 5.56 Å². The van der Waals surface area contributed by atoms with Crippen molar-refractivity contribution in [2.24, 2.45) is 11.7 Å². The molecule has 0 radical (unpaired) electrons. The number of nitrogens with two attached hydrogens (primary N) is 1. The van der Waals surface area contributed by atoms with Gasteiger partial charge in [0.05, 0.1) is 75.1 Å². The Hall–Kier alpha value is -6.29. The van der Waals surface area contributed by atoms with Gasteiger partial charge < -0.3 is 59.9 Å². The number of likely N-dealkylation sites (tertiary alicyclic amines) is 1. The molecule has 3 aromatic rings. The number of aliphatic carboxylic acids is 1. The molecule has 386 valence electrons. The number of benzene rings is 1. The number of nitrogens with one attached hydrogen (secondary N) is 3. The van der Waals surface area contributed by atoms with Crippen molar-refractivity contribution in [3.63, 3.8) is 0 Å². The number of aromatic nitrogens is 2. The highest BCUT2D eigenvalue weighted by atomic mass is 16.6. The highest BCUT2D eigenvalue weighted by Crippen LogP contribution is 2.42. The summed E-state index contributed by atoms with van der Waals surface area (Å²) in [5.74, 6) is -5.53. The van der Waals surface area contributed by atoms with Gasteiger partial charge in [-0.25, -0.2) is 14.6 Å². The Balaban J connectivity index is 0.985. The summed E-state index contributed by atoms with van der Waals surface area (Å²) >= 11 is 0. The number of ether oxygens (including phenoxy) is 5. The van der Waals surface area contributed by atoms with Crippen LogP contribution in [0.1, 0.15) is 101 Å². The van der Waals surface area contributed by atoms with Crippen LogP contribution in [0.4, 0.5) is 0 Å². The van der Waals surface area contributed by atoms with Gasteiger partial charge >= 0.3 is 17.9 Å². The van der Waals surface area contributed by atoms with Crippen molar-refractivity contribution in [1.29, 1.82) is 0 Å². The quantitative estimate of drug-likeness (QED) is 0.0422. The van der Waals surface area contributed by atoms with Crippen molar-refractivity contribution in [2.75, 3.05) is 59.3 Å². The van der Waals surface area contributed by atoms with Gasteiger partial charge in [0, 0.05) is 41.9 Å². The highest BCUT2D eigenvalue weighted by Gasteiger charge is 2.51. The molecule has 3 aliphatic rings. The van der Waals surface area contributed by atoms with Crippen LogP contribution in [-0.4, -0.2) is 138 Å². The lowest BCUT2D eigenvalue weighted by Crippen LogP contribution is -2.56. The number of nitrogens with zero attached hydrogens (tertiary/aromatic N) is 3. The number of amides is 4. The number of cyclic esters (lactones) is 1. The van der Waals surface area contributed by atoms with E-state index >= 15 is 0 Å². The molecule has 6 N–H and O–H groups in total. The largest absolute Gasteiger partial charge is 0.481 e. The lowest BCUT2D eigenvalue weighted by atomic mass is 9.85. The van der Waals surface area contributed by atoms with Gasteiger partial charge in [-0.3, -0.25) is 28.8 Å². The molecule has 21 nitrogen and oxygen atoms in total. The zero-order valence-electron chi connectivity index (χ0n) is 41.0. The van der Waals surface area contributed by atoms with Gasteiger partial charge in [-0.1, -0.05) is 45.4 Å². The van der Waals surface area contributed by atoms with Crippen LogP contribution in [0.3, 0.4) is 0 Å². The normalized spacial score (nSPS) is 18.1. The maximum absolute atomic E-state index is 14.1. The molecule has 1 saturated heterocycles. The first-order valence-corrected chi connectivity index (χ1v) is 24.6. The zero-order chi connectivity index (χ0) is 51.2. The summed E-state index contributed by atoms with van der Waals surface area (Å²) < 4.78 is 29.5. The maximum atomic E-state index is 14.1. The number of carboxylic acid groups (broad SMARTS) is 1. The molecule has 2 aromatic heterocycles. The number of rotatable bonds is 27. The molecule has 1 fully saturated rings. The average molecular weight is 990 g/mol. The minimum atomic E-state index is -2.04. The lowest BCUT2D eigenvalue weighted by Gasteiger charge is -2.36. The molecule has 21 heteroatoms. The van der Waals surface area contributed by atoms with Gasteiger partial charge in [-0.05, 0) is 69.7 Å². The lowest BCUT2D eigenvalue weighted by molar-refractivity contribution is -0.190. The summed E-state index contributed by atoms with van der Waals surface area (Å²) in [6.45, 7) is 9.14. The van der Waals surface area contributed by atoms with E-state index in [1.54, 1.807) is 17.6 Å². The topological polar surface area (TPSA) is 286 Å². The minimum Gasteiger partial charge on any atom is -0.481 e. The second kappa shape index (κ2) is 25.2. The van der Waals surface area contributed by atoms with Crippen LogP contribution in [0, 0.1) is 5.92 Å². The summed E-state index contributed by atoms with van der Waals surface area (Å²) in [7, 11) is 0. The van der Waals surface area contributed by atoms with E-state index in [1.807, 2.05) is 38.1 Å². The van der Waals surface area contributed by atoms with Crippen LogP contribution in [-0.2, 0) is 82.4 Å². The van der Waals surface area contributed by atoms with E-state index in [0.29, 0.717) is 50.5 Å². The molecule has 0 aliphatic carbocycles. The Kier molecular flexibility index (Phi) is 19.2. The molecule has 5 atom stereocenters. The number of hydrogen-bond acceptors (Lipinski definition) is 15. The van der Waals surface area contributed by atoms with E-state index in [-0.39, 0.29) is 88.3 Å². The first-order valence-electron chi connectivity index (χ1n) is 24.6. The summed E-state index contributed by atoms with van der Waals surface area (Å²) in [5.41, 5.74) is 7.16. The number of pyridine rings is 2. The number of esters is 2. The molecule has 0 saturated carbocycles. The van der Waals surface area contributed by atoms with Crippen LogP contribution in [0.2, 0.25) is 0 Å². The van der Waals surface area contributed by atoms with Crippen molar-refractivity contribution < 1.29 is 62.4 Å². The number of unbranched alkanes of at least 4 members (excludes halogenated alkanes) is 1. The summed E-state index contributed by atoms with van der Waals surface area (Å²) in [5, 5.41) is 18.5. The van der Waals surface area contributed by atoms with Crippen molar-refractivity contribution >= 4 is 52.4 Å². The van der Waals surface area contributed by atoms with Crippen molar-refractivity contribution in [3.8, 4) is 11.4 Å². The standard InChI is InChI=1S/C50H67N7O14/c1-5-32-33-13-7-8-14-37(33)55-43-34(32)28-57-40(43)26-36-35(46(57)63)29-70-49(66)50(36,6-2)71-48(65)31(4)53-45(62)39-15-11-19-56(39)47(64)38(27-42(59)60)54-41(58)16-20-67-22-24-69-25-23-68-21-18-52-44(61)30(3)12-9-10-17-51/h7-8,13-14,26,30-31,38-39H,5-6,9-12,15-25,27-29,51H2,1-4H3,(H,52,61)(H,53,62)(H,54,58)(H,59,60)/t30-,31-,38-,39-,50-/m0/s1. The van der Waals surface area contributed by atoms with E-state index in [2.05, 4.69) is 16.0 Å². The molecule has 0 bridgehead atoms. The summed E-state index contributed by atoms with van der Waals surface area (Å²) in [4.78, 5) is 112. The SMILES string of the molecule is CCc1c2c(nc3ccccc13)-c1cc3c(c(=O)n1C2)COC(=O)[C@@]3(CC)OC(=O)[C@H](C)NC(=O)[C@@H]1CCCN1C(=O)[C@H](CC(=O)O)NC(=O)CCOCCOCCOCCNC(=O)[C@@H](C)CCCCN. The molecular weight excluding hydrogens is 923 g/mol. The van der Waals surface area contributed by atoms with E-state index in [4.69, 9.17) is 34.4 Å². The molecule has 6 rings (SSSR count). The monoisotopic (exact) mass is 989 g/mol. The first kappa shape index (κ1) is 54.1. The second-order valence-electron chi connectivity index (χ2n) is 18.0. The van der Waals surface area contributed by atoms with Gasteiger partial charge in [0.15, 0.2) is 0 Å². The van der Waals surface area contributed by atoms with Gasteiger partial charge in [0.2, 0.25) is 29.2 Å². The third kappa shape index (κ3) is 12.8. The zero-order valence-corrected chi connectivity index (χ0v) is 41.0. The number of carbonyl (C=O) groups excluding carboxylic acids is 6. The number of carbonyl (C=O) groups is 7. The second-order valence-corrected chi connectivity index (χ2v) is 18.0. The molecular formula is C50H67N7O14. The van der Waals surface area contributed by atoms with Crippen LogP contribution >= 0.6 is 0 Å². The number of carboxylic acids is 1. The van der Waals surface area contributed by atoms with Crippen molar-refractivity contribution in [3.05, 3.63) is 62.9 Å². The molecule has 4 amide bonds. The van der Waals surface area contributed by atoms with Crippen molar-refractivity contribution in [1.82, 2.24) is 30.4 Å². The molecule has 0 spiro atoms. The van der Waals surface area contributed by atoms with Gasteiger partial charge in [-0.15, -0.1) is 0 Å². The predicted molar refractivity (Wildman–Crippen MR) is 256 cm³/mol. The van der Waals surface area contributed by atoms with Crippen LogP contribution in [0.15, 0.2) is 35.1 Å². The maximum Gasteiger partial charge on any atom is 0.355 e. The van der Waals surface area contributed by atoms with E-state index in [1.165, 1.54) is 11.8 Å². The van der Waals surface area contributed by atoms with Crippen LogP contribution < -0.4 is 27.2 Å². The van der Waals surface area contributed by atoms with E-state index in [9.17, 15) is 43.5 Å². The number of fused-ring (bicyclic) bond motifs is 5. The first-order chi connectivity index (χ1) is 34.1. The summed E-state index contributed by atoms with van der Waals surface area (Å²) in [6.07, 6.45) is 2.78. The Labute approximate surface area is 411 Å². The fourth-order valence-corrected chi connectivity index (χ4v) is 9.30. The number of para-hydroxylation sites is 1. The Morgan fingerprint density at radius 3 is 2.38 bits per heavy atom. The fourth-order valence-electron chi connectivity index (χ4n) is 9.30. The van der Waals surface area contributed by atoms with E-state index in [0.717, 1.165) is 41.3 Å². The van der Waals surface area contributed by atoms with Gasteiger partial charge in [-0.2, -0.15) is 0 Å². The van der Waals surface area contributed by atoms with E-state index < -0.39 is 71.3 Å². The smallest absolute Gasteiger partial charge is 0.355 e. The third-order valence-electron chi connectivity index (χ3n) is 13.2. The molecule has 3 aliphatic heterocycles. The predicted octanol–water partition coefficient (Wildman–Crippen LogP) is 1.97. The molecule has 71 heavy (non-hydrogen) atoms. The Morgan fingerprint density at radius 2 is 1.68 bits per heavy atom. The van der Waals surface area contributed by atoms with Crippen LogP contribution in [0.25, 0.3) is 22.3 Å². The third-order valence-corrected chi connectivity index (χ3v) is 13.2.